The van der Waals surface area contributed by atoms with Gasteiger partial charge in [0.2, 0.25) is 5.91 Å². The van der Waals surface area contributed by atoms with Gasteiger partial charge < -0.3 is 14.5 Å². The van der Waals surface area contributed by atoms with Crippen LogP contribution < -0.4 is 9.64 Å². The maximum absolute atomic E-state index is 13.0. The summed E-state index contributed by atoms with van der Waals surface area (Å²) in [5, 5.41) is 0. The summed E-state index contributed by atoms with van der Waals surface area (Å²) in [6, 6.07) is 6.41. The third-order valence-electron chi connectivity index (χ3n) is 6.04. The Bertz CT molecular complexity index is 674. The summed E-state index contributed by atoms with van der Waals surface area (Å²) in [5.74, 6) is 0.0907. The lowest BCUT2D eigenvalue weighted by molar-refractivity contribution is -0.274. The number of nitrogens with zero attached hydrogens (tertiary/aromatic N) is 3. The predicted octanol–water partition coefficient (Wildman–Crippen LogP) is 4.77. The van der Waals surface area contributed by atoms with E-state index in [1.54, 1.807) is 12.1 Å². The summed E-state index contributed by atoms with van der Waals surface area (Å²) in [4.78, 5) is 19.4. The molecule has 176 valence electrons. The Morgan fingerprint density at radius 1 is 1.10 bits per heavy atom. The molecule has 0 bridgehead atoms. The first-order valence-electron chi connectivity index (χ1n) is 11.4. The fourth-order valence-corrected chi connectivity index (χ4v) is 4.17. The second-order valence-electron chi connectivity index (χ2n) is 7.95. The summed E-state index contributed by atoms with van der Waals surface area (Å²) in [6.07, 6.45) is -1.58. The molecule has 2 heterocycles. The van der Waals surface area contributed by atoms with Crippen molar-refractivity contribution in [2.75, 3.05) is 44.2 Å². The molecule has 8 heteroatoms. The molecule has 2 saturated heterocycles. The van der Waals surface area contributed by atoms with E-state index in [2.05, 4.69) is 28.4 Å². The van der Waals surface area contributed by atoms with Crippen molar-refractivity contribution in [2.45, 2.75) is 59.4 Å². The minimum absolute atomic E-state index is 0.0723. The van der Waals surface area contributed by atoms with E-state index in [4.69, 9.17) is 0 Å². The van der Waals surface area contributed by atoms with E-state index >= 15 is 0 Å². The van der Waals surface area contributed by atoms with Crippen molar-refractivity contribution < 1.29 is 22.7 Å². The summed E-state index contributed by atoms with van der Waals surface area (Å²) in [5.41, 5.74) is 0.840. The van der Waals surface area contributed by atoms with Gasteiger partial charge in [0.25, 0.3) is 0 Å². The highest BCUT2D eigenvalue weighted by Crippen LogP contribution is 2.27. The number of amides is 1. The van der Waals surface area contributed by atoms with Crippen LogP contribution in [0.3, 0.4) is 0 Å². The number of piperidine rings is 1. The van der Waals surface area contributed by atoms with E-state index in [-0.39, 0.29) is 17.6 Å². The normalized spacial score (nSPS) is 21.2. The Hall–Kier alpha value is -1.96. The molecule has 0 aromatic heterocycles. The van der Waals surface area contributed by atoms with Gasteiger partial charge in [-0.2, -0.15) is 0 Å². The molecule has 1 aromatic rings. The van der Waals surface area contributed by atoms with Crippen molar-refractivity contribution in [3.63, 3.8) is 0 Å². The van der Waals surface area contributed by atoms with Crippen molar-refractivity contribution in [3.8, 4) is 5.75 Å². The number of hydrogen-bond donors (Lipinski definition) is 0. The molecule has 2 atom stereocenters. The third kappa shape index (κ3) is 7.30. The van der Waals surface area contributed by atoms with E-state index in [1.807, 2.05) is 18.7 Å². The van der Waals surface area contributed by atoms with Gasteiger partial charge in [0, 0.05) is 44.5 Å². The molecule has 1 amide bonds. The van der Waals surface area contributed by atoms with Crippen LogP contribution in [0, 0.1) is 5.92 Å². The van der Waals surface area contributed by atoms with Gasteiger partial charge in [-0.1, -0.05) is 20.8 Å². The van der Waals surface area contributed by atoms with Crippen LogP contribution in [0.2, 0.25) is 0 Å². The maximum atomic E-state index is 13.0. The Balaban J connectivity index is 0.00000166. The van der Waals surface area contributed by atoms with Gasteiger partial charge in [0.1, 0.15) is 5.75 Å². The molecule has 2 aliphatic rings. The molecule has 2 unspecified atom stereocenters. The molecule has 31 heavy (non-hydrogen) atoms. The molecule has 2 aliphatic heterocycles. The van der Waals surface area contributed by atoms with E-state index in [0.29, 0.717) is 32.2 Å². The zero-order chi connectivity index (χ0) is 23.0. The lowest BCUT2D eigenvalue weighted by Gasteiger charge is -2.41. The molecular formula is C23H36F3N3O2. The first kappa shape index (κ1) is 25.3. The molecule has 5 nitrogen and oxygen atoms in total. The minimum Gasteiger partial charge on any atom is -0.406 e. The van der Waals surface area contributed by atoms with Gasteiger partial charge in [-0.25, -0.2) is 0 Å². The van der Waals surface area contributed by atoms with Crippen molar-refractivity contribution >= 4 is 11.6 Å². The van der Waals surface area contributed by atoms with Crippen LogP contribution in [0.5, 0.6) is 5.75 Å². The van der Waals surface area contributed by atoms with Crippen molar-refractivity contribution in [1.82, 2.24) is 9.80 Å². The number of rotatable bonds is 5. The molecule has 0 aliphatic carbocycles. The lowest BCUT2D eigenvalue weighted by atomic mass is 9.94. The number of alkyl halides is 3. The van der Waals surface area contributed by atoms with Gasteiger partial charge in [0.15, 0.2) is 0 Å². The molecule has 0 spiro atoms. The van der Waals surface area contributed by atoms with Crippen LogP contribution in [0.15, 0.2) is 24.3 Å². The number of benzene rings is 1. The molecule has 0 saturated carbocycles. The first-order valence-corrected chi connectivity index (χ1v) is 11.4. The number of piperazine rings is 1. The van der Waals surface area contributed by atoms with Crippen LogP contribution in [0.25, 0.3) is 0 Å². The van der Waals surface area contributed by atoms with Gasteiger partial charge in [-0.15, -0.1) is 13.2 Å². The molecule has 2 fully saturated rings. The van der Waals surface area contributed by atoms with Crippen LogP contribution >= 0.6 is 0 Å². The molecule has 0 radical (unpaired) electrons. The van der Waals surface area contributed by atoms with E-state index in [1.165, 1.54) is 12.1 Å². The van der Waals surface area contributed by atoms with Crippen molar-refractivity contribution in [2.24, 2.45) is 5.92 Å². The van der Waals surface area contributed by atoms with Gasteiger partial charge in [-0.3, -0.25) is 9.69 Å². The second kappa shape index (κ2) is 11.6. The highest BCUT2D eigenvalue weighted by molar-refractivity contribution is 5.79. The third-order valence-corrected chi connectivity index (χ3v) is 6.04. The summed E-state index contributed by atoms with van der Waals surface area (Å²) in [6.45, 7) is 12.9. The van der Waals surface area contributed by atoms with Gasteiger partial charge in [0.05, 0.1) is 5.92 Å². The van der Waals surface area contributed by atoms with Crippen LogP contribution in [-0.4, -0.2) is 67.4 Å². The van der Waals surface area contributed by atoms with Gasteiger partial charge >= 0.3 is 6.36 Å². The van der Waals surface area contributed by atoms with Gasteiger partial charge in [-0.05, 0) is 57.0 Å². The largest absolute Gasteiger partial charge is 0.573 e. The maximum Gasteiger partial charge on any atom is 0.573 e. The number of likely N-dealkylation sites (tertiary alicyclic amines) is 1. The Morgan fingerprint density at radius 2 is 1.71 bits per heavy atom. The summed E-state index contributed by atoms with van der Waals surface area (Å²) < 4.78 is 40.8. The lowest BCUT2D eigenvalue weighted by Crippen LogP contribution is -2.53. The quantitative estimate of drug-likeness (QED) is 0.657. The number of halogens is 3. The zero-order valence-corrected chi connectivity index (χ0v) is 19.1. The number of ether oxygens (including phenoxy) is 1. The molecule has 3 rings (SSSR count). The van der Waals surface area contributed by atoms with Crippen LogP contribution in [0.1, 0.15) is 47.0 Å². The molecule has 0 N–H and O–H groups in total. The highest BCUT2D eigenvalue weighted by Gasteiger charge is 2.33. The van der Waals surface area contributed by atoms with Crippen LogP contribution in [0.4, 0.5) is 18.9 Å². The SMILES string of the molecule is CC.CCC(C)N1CCCC(C(=O)N2CCN(c3ccc(OC(F)(F)F)cc3)CC2)C1. The van der Waals surface area contributed by atoms with E-state index in [0.717, 1.165) is 38.0 Å². The Labute approximate surface area is 184 Å². The average Bonchev–Trinajstić information content (AvgIpc) is 2.79. The topological polar surface area (TPSA) is 36.0 Å². The molecule has 1 aromatic carbocycles. The average molecular weight is 444 g/mol. The smallest absolute Gasteiger partial charge is 0.406 e. The fourth-order valence-electron chi connectivity index (χ4n) is 4.17. The number of carbonyl (C=O) groups excluding carboxylic acids is 1. The second-order valence-corrected chi connectivity index (χ2v) is 7.95. The van der Waals surface area contributed by atoms with E-state index in [9.17, 15) is 18.0 Å². The fraction of sp³-hybridized carbons (Fsp3) is 0.696. The van der Waals surface area contributed by atoms with Crippen LogP contribution in [-0.2, 0) is 4.79 Å². The monoisotopic (exact) mass is 443 g/mol. The first-order chi connectivity index (χ1) is 14.8. The number of carbonyl (C=O) groups is 1. The highest BCUT2D eigenvalue weighted by atomic mass is 19.4. The minimum atomic E-state index is -4.68. The predicted molar refractivity (Wildman–Crippen MR) is 117 cm³/mol. The Morgan fingerprint density at radius 3 is 2.26 bits per heavy atom. The van der Waals surface area contributed by atoms with Crippen molar-refractivity contribution in [3.05, 3.63) is 24.3 Å². The summed E-state index contributed by atoms with van der Waals surface area (Å²) >= 11 is 0. The van der Waals surface area contributed by atoms with E-state index < -0.39 is 6.36 Å². The van der Waals surface area contributed by atoms with Crippen molar-refractivity contribution in [1.29, 1.82) is 0 Å². The number of anilines is 1. The zero-order valence-electron chi connectivity index (χ0n) is 19.1. The summed E-state index contributed by atoms with van der Waals surface area (Å²) in [7, 11) is 0. The standard InChI is InChI=1S/C21H30F3N3O2.C2H6/c1-3-16(2)27-10-4-5-17(15-27)20(28)26-13-11-25(12-14-26)18-6-8-19(9-7-18)29-21(22,23)24;1-2/h6-9,16-17H,3-5,10-15H2,1-2H3;1-2H3. The molecular weight excluding hydrogens is 407 g/mol. The Kier molecular flexibility index (Phi) is 9.47. The number of hydrogen-bond acceptors (Lipinski definition) is 4.